The molecule has 1 saturated heterocycles. The van der Waals surface area contributed by atoms with Crippen molar-refractivity contribution in [2.24, 2.45) is 0 Å². The van der Waals surface area contributed by atoms with Crippen LogP contribution < -0.4 is 4.74 Å². The Morgan fingerprint density at radius 1 is 1.35 bits per heavy atom. The van der Waals surface area contributed by atoms with Gasteiger partial charge < -0.3 is 13.9 Å². The van der Waals surface area contributed by atoms with Gasteiger partial charge in [-0.1, -0.05) is 12.1 Å². The lowest BCUT2D eigenvalue weighted by atomic mass is 10.2. The van der Waals surface area contributed by atoms with E-state index >= 15 is 0 Å². The molecule has 2 aromatic rings. The van der Waals surface area contributed by atoms with Gasteiger partial charge in [0.15, 0.2) is 0 Å². The lowest BCUT2D eigenvalue weighted by Gasteiger charge is -2.03. The summed E-state index contributed by atoms with van der Waals surface area (Å²) in [5.41, 5.74) is 0.725. The third kappa shape index (κ3) is 2.49. The molecule has 1 atom stereocenters. The van der Waals surface area contributed by atoms with E-state index in [9.17, 15) is 4.79 Å². The van der Waals surface area contributed by atoms with Gasteiger partial charge in [-0.15, -0.1) is 10.2 Å². The average Bonchev–Trinajstić information content (AvgIpc) is 3.09. The predicted molar refractivity (Wildman–Crippen MR) is 71.5 cm³/mol. The summed E-state index contributed by atoms with van der Waals surface area (Å²) in [6.45, 7) is 0.448. The fourth-order valence-electron chi connectivity index (χ4n) is 1.89. The molecule has 1 aromatic carbocycles. The molecule has 20 heavy (non-hydrogen) atoms. The van der Waals surface area contributed by atoms with Crippen molar-refractivity contribution >= 4 is 17.7 Å². The maximum Gasteiger partial charge on any atom is 0.319 e. The Morgan fingerprint density at radius 2 is 2.20 bits per heavy atom. The maximum atomic E-state index is 11.4. The molecule has 3 rings (SSSR count). The van der Waals surface area contributed by atoms with Crippen molar-refractivity contribution in [1.82, 2.24) is 10.2 Å². The fraction of sp³-hybridized carbons (Fsp3) is 0.308. The monoisotopic (exact) mass is 292 g/mol. The number of aromatic nitrogens is 2. The molecule has 1 aliphatic rings. The van der Waals surface area contributed by atoms with Gasteiger partial charge in [-0.25, -0.2) is 0 Å². The topological polar surface area (TPSA) is 74.5 Å². The number of rotatable bonds is 4. The third-order valence-corrected chi connectivity index (χ3v) is 3.95. The SMILES string of the molecule is COc1ccccc1-c1nnc(SC2CCOC2=O)o1. The minimum atomic E-state index is -0.263. The molecular formula is C13H12N2O4S. The lowest BCUT2D eigenvalue weighted by molar-refractivity contribution is -0.137. The summed E-state index contributed by atoms with van der Waals surface area (Å²) in [6.07, 6.45) is 0.663. The van der Waals surface area contributed by atoms with Crippen LogP contribution in [-0.2, 0) is 9.53 Å². The first-order valence-electron chi connectivity index (χ1n) is 6.08. The number of nitrogens with zero attached hydrogens (tertiary/aromatic N) is 2. The Bertz CT molecular complexity index is 628. The van der Waals surface area contributed by atoms with Crippen molar-refractivity contribution in [3.05, 3.63) is 24.3 Å². The number of ether oxygens (including phenoxy) is 2. The first-order chi connectivity index (χ1) is 9.78. The molecule has 2 heterocycles. The lowest BCUT2D eigenvalue weighted by Crippen LogP contribution is -2.09. The van der Waals surface area contributed by atoms with Crippen LogP contribution in [0.2, 0.25) is 0 Å². The smallest absolute Gasteiger partial charge is 0.319 e. The van der Waals surface area contributed by atoms with Gasteiger partial charge in [0.2, 0.25) is 0 Å². The van der Waals surface area contributed by atoms with Crippen molar-refractivity contribution in [3.8, 4) is 17.2 Å². The molecule has 1 aromatic heterocycles. The number of benzene rings is 1. The molecule has 7 heteroatoms. The van der Waals surface area contributed by atoms with Crippen molar-refractivity contribution in [2.75, 3.05) is 13.7 Å². The van der Waals surface area contributed by atoms with Gasteiger partial charge in [-0.3, -0.25) is 4.79 Å². The first-order valence-corrected chi connectivity index (χ1v) is 6.96. The van der Waals surface area contributed by atoms with Crippen LogP contribution in [0, 0.1) is 0 Å². The second kappa shape index (κ2) is 5.54. The number of carbonyl (C=O) groups is 1. The second-order valence-corrected chi connectivity index (χ2v) is 5.29. The highest BCUT2D eigenvalue weighted by molar-refractivity contribution is 8.00. The summed E-state index contributed by atoms with van der Waals surface area (Å²) in [5.74, 6) is 0.802. The largest absolute Gasteiger partial charge is 0.496 e. The molecule has 0 bridgehead atoms. The van der Waals surface area contributed by atoms with E-state index in [1.807, 2.05) is 24.3 Å². The van der Waals surface area contributed by atoms with Gasteiger partial charge >= 0.3 is 5.97 Å². The zero-order chi connectivity index (χ0) is 13.9. The van der Waals surface area contributed by atoms with E-state index in [0.717, 1.165) is 5.56 Å². The maximum absolute atomic E-state index is 11.4. The van der Waals surface area contributed by atoms with Gasteiger partial charge in [0.05, 0.1) is 19.3 Å². The number of methoxy groups -OCH3 is 1. The Hall–Kier alpha value is -2.02. The van der Waals surface area contributed by atoms with Crippen LogP contribution in [0.5, 0.6) is 5.75 Å². The van der Waals surface area contributed by atoms with Crippen molar-refractivity contribution in [3.63, 3.8) is 0 Å². The van der Waals surface area contributed by atoms with Crippen LogP contribution in [0.25, 0.3) is 11.5 Å². The van der Waals surface area contributed by atoms with Crippen LogP contribution in [0.15, 0.2) is 33.9 Å². The summed E-state index contributed by atoms with van der Waals surface area (Å²) in [6, 6.07) is 7.39. The summed E-state index contributed by atoms with van der Waals surface area (Å²) in [7, 11) is 1.58. The standard InChI is InChI=1S/C13H12N2O4S/c1-17-9-5-3-2-4-8(9)11-14-15-13(19-11)20-10-6-7-18-12(10)16/h2-5,10H,6-7H2,1H3. The van der Waals surface area contributed by atoms with E-state index in [-0.39, 0.29) is 11.2 Å². The molecular weight excluding hydrogens is 280 g/mol. The molecule has 6 nitrogen and oxygen atoms in total. The van der Waals surface area contributed by atoms with Gasteiger partial charge in [0, 0.05) is 6.42 Å². The van der Waals surface area contributed by atoms with Crippen LogP contribution in [0.1, 0.15) is 6.42 Å². The zero-order valence-electron chi connectivity index (χ0n) is 10.7. The van der Waals surface area contributed by atoms with E-state index in [2.05, 4.69) is 10.2 Å². The molecule has 104 valence electrons. The number of thioether (sulfide) groups is 1. The summed E-state index contributed by atoms with van der Waals surface area (Å²) >= 11 is 1.23. The number of esters is 1. The van der Waals surface area contributed by atoms with Crippen LogP contribution in [0.3, 0.4) is 0 Å². The summed E-state index contributed by atoms with van der Waals surface area (Å²) < 4.78 is 15.7. The number of carbonyl (C=O) groups excluding carboxylic acids is 1. The molecule has 1 unspecified atom stereocenters. The van der Waals surface area contributed by atoms with Crippen molar-refractivity contribution in [2.45, 2.75) is 16.9 Å². The van der Waals surface area contributed by atoms with E-state index in [0.29, 0.717) is 29.9 Å². The van der Waals surface area contributed by atoms with Crippen molar-refractivity contribution in [1.29, 1.82) is 0 Å². The zero-order valence-corrected chi connectivity index (χ0v) is 11.6. The molecule has 0 radical (unpaired) electrons. The summed E-state index contributed by atoms with van der Waals surface area (Å²) in [4.78, 5) is 11.4. The fourth-order valence-corrected chi connectivity index (χ4v) is 2.73. The molecule has 0 amide bonds. The highest BCUT2D eigenvalue weighted by Gasteiger charge is 2.29. The van der Waals surface area contributed by atoms with E-state index in [1.54, 1.807) is 7.11 Å². The Kier molecular flexibility index (Phi) is 3.60. The highest BCUT2D eigenvalue weighted by atomic mass is 32.2. The predicted octanol–water partition coefficient (Wildman–Crippen LogP) is 2.15. The van der Waals surface area contributed by atoms with Crippen LogP contribution in [-0.4, -0.2) is 35.1 Å². The summed E-state index contributed by atoms with van der Waals surface area (Å²) in [5, 5.41) is 8.03. The van der Waals surface area contributed by atoms with Gasteiger partial charge in [0.1, 0.15) is 11.0 Å². The van der Waals surface area contributed by atoms with E-state index < -0.39 is 0 Å². The minimum absolute atomic E-state index is 0.230. The molecule has 1 aliphatic heterocycles. The van der Waals surface area contributed by atoms with Crippen LogP contribution in [0.4, 0.5) is 0 Å². The van der Waals surface area contributed by atoms with E-state index in [1.165, 1.54) is 11.8 Å². The molecule has 0 aliphatic carbocycles. The molecule has 0 N–H and O–H groups in total. The quantitative estimate of drug-likeness (QED) is 0.799. The number of cyclic esters (lactones) is 1. The Morgan fingerprint density at radius 3 is 2.95 bits per heavy atom. The van der Waals surface area contributed by atoms with Gasteiger partial charge in [0.25, 0.3) is 11.1 Å². The van der Waals surface area contributed by atoms with Gasteiger partial charge in [-0.05, 0) is 23.9 Å². The second-order valence-electron chi connectivity index (χ2n) is 4.14. The van der Waals surface area contributed by atoms with E-state index in [4.69, 9.17) is 13.9 Å². The molecule has 0 saturated carbocycles. The normalized spacial score (nSPS) is 18.1. The first kappa shape index (κ1) is 13.0. The Balaban J connectivity index is 1.81. The Labute approximate surface area is 119 Å². The number of hydrogen-bond acceptors (Lipinski definition) is 7. The van der Waals surface area contributed by atoms with Crippen LogP contribution >= 0.6 is 11.8 Å². The molecule has 1 fully saturated rings. The van der Waals surface area contributed by atoms with Crippen molar-refractivity contribution < 1.29 is 18.7 Å². The van der Waals surface area contributed by atoms with Gasteiger partial charge in [-0.2, -0.15) is 0 Å². The number of hydrogen-bond donors (Lipinski definition) is 0. The minimum Gasteiger partial charge on any atom is -0.496 e. The highest BCUT2D eigenvalue weighted by Crippen LogP contribution is 2.33. The molecule has 0 spiro atoms. The number of para-hydroxylation sites is 1. The average molecular weight is 292 g/mol. The third-order valence-electron chi connectivity index (χ3n) is 2.87.